The van der Waals surface area contributed by atoms with Gasteiger partial charge in [-0.2, -0.15) is 4.98 Å². The minimum Gasteiger partial charge on any atom is -0.492 e. The average Bonchev–Trinajstić information content (AvgIpc) is 3.22. The molecule has 0 radical (unpaired) electrons. The van der Waals surface area contributed by atoms with Gasteiger partial charge in [-0.25, -0.2) is 4.98 Å². The molecule has 1 aliphatic rings. The number of halogens is 1. The molecule has 0 bridgehead atoms. The van der Waals surface area contributed by atoms with Gasteiger partial charge in [-0.3, -0.25) is 4.79 Å². The molecule has 4 rings (SSSR count). The van der Waals surface area contributed by atoms with Gasteiger partial charge in [-0.05, 0) is 49.0 Å². The Kier molecular flexibility index (Phi) is 7.26. The summed E-state index contributed by atoms with van der Waals surface area (Å²) in [5.41, 5.74) is 3.02. The number of nitrogens with one attached hydrogen (secondary N) is 3. The molecule has 2 heterocycles. The lowest BCUT2D eigenvalue weighted by atomic mass is 10.1. The van der Waals surface area contributed by atoms with Crippen molar-refractivity contribution in [3.05, 3.63) is 64.8 Å². The van der Waals surface area contributed by atoms with E-state index in [1.165, 1.54) is 6.20 Å². The van der Waals surface area contributed by atoms with Gasteiger partial charge in [0.1, 0.15) is 17.4 Å². The zero-order valence-electron chi connectivity index (χ0n) is 18.7. The van der Waals surface area contributed by atoms with Crippen molar-refractivity contribution in [3.63, 3.8) is 0 Å². The molecule has 0 spiro atoms. The third-order valence-electron chi connectivity index (χ3n) is 5.50. The molecule has 3 aromatic rings. The summed E-state index contributed by atoms with van der Waals surface area (Å²) in [5.74, 6) is 1.49. The molecule has 0 fully saturated rings. The summed E-state index contributed by atoms with van der Waals surface area (Å²) in [6.45, 7) is 8.38. The zero-order valence-corrected chi connectivity index (χ0v) is 19.4. The van der Waals surface area contributed by atoms with Crippen LogP contribution in [0, 0.1) is 0 Å². The second-order valence-electron chi connectivity index (χ2n) is 7.56. The quantitative estimate of drug-likeness (QED) is 0.402. The lowest BCUT2D eigenvalue weighted by Crippen LogP contribution is -2.27. The third kappa shape index (κ3) is 5.53. The zero-order chi connectivity index (χ0) is 23.2. The normalized spacial score (nSPS) is 12.4. The van der Waals surface area contributed by atoms with Crippen LogP contribution in [-0.4, -0.2) is 47.0 Å². The summed E-state index contributed by atoms with van der Waals surface area (Å²) in [5, 5.41) is 9.53. The van der Waals surface area contributed by atoms with Crippen LogP contribution < -0.4 is 20.7 Å². The summed E-state index contributed by atoms with van der Waals surface area (Å²) in [4.78, 5) is 23.3. The molecule has 3 N–H and O–H groups in total. The molecule has 0 aliphatic carbocycles. The number of carbonyl (C=O) groups is 1. The van der Waals surface area contributed by atoms with Gasteiger partial charge in [0.25, 0.3) is 5.91 Å². The van der Waals surface area contributed by atoms with E-state index in [4.69, 9.17) is 16.3 Å². The Morgan fingerprint density at radius 3 is 2.67 bits per heavy atom. The van der Waals surface area contributed by atoms with E-state index >= 15 is 0 Å². The number of likely N-dealkylation sites (N-methyl/N-ethyl adjacent to an activating group) is 1. The van der Waals surface area contributed by atoms with Crippen molar-refractivity contribution in [2.24, 2.45) is 0 Å². The lowest BCUT2D eigenvalue weighted by molar-refractivity contribution is 0.0966. The highest BCUT2D eigenvalue weighted by atomic mass is 35.5. The van der Waals surface area contributed by atoms with Gasteiger partial charge >= 0.3 is 0 Å². The number of hydrogen-bond donors (Lipinski definition) is 3. The maximum Gasteiger partial charge on any atom is 0.254 e. The monoisotopic (exact) mass is 466 g/mol. The molecule has 1 amide bonds. The Bertz CT molecular complexity index is 1120. The second kappa shape index (κ2) is 10.5. The van der Waals surface area contributed by atoms with Crippen LogP contribution in [0.5, 0.6) is 5.75 Å². The summed E-state index contributed by atoms with van der Waals surface area (Å²) in [7, 11) is 0. The van der Waals surface area contributed by atoms with Crippen LogP contribution in [0.25, 0.3) is 0 Å². The van der Waals surface area contributed by atoms with E-state index in [9.17, 15) is 4.79 Å². The smallest absolute Gasteiger partial charge is 0.254 e. The minimum absolute atomic E-state index is 0.115. The number of rotatable bonds is 10. The van der Waals surface area contributed by atoms with Crippen molar-refractivity contribution in [1.82, 2.24) is 20.2 Å². The van der Waals surface area contributed by atoms with Gasteiger partial charge < -0.3 is 25.6 Å². The lowest BCUT2D eigenvalue weighted by Gasteiger charge is -2.18. The van der Waals surface area contributed by atoms with Crippen molar-refractivity contribution in [2.75, 3.05) is 36.9 Å². The van der Waals surface area contributed by atoms with Crippen LogP contribution in [0.3, 0.4) is 0 Å². The topological polar surface area (TPSA) is 91.4 Å². The number of aromatic nitrogens is 2. The van der Waals surface area contributed by atoms with Crippen molar-refractivity contribution < 1.29 is 9.53 Å². The molecule has 0 saturated heterocycles. The molecule has 1 aromatic heterocycles. The number of nitrogens with zero attached hydrogens (tertiary/aromatic N) is 3. The maximum absolute atomic E-state index is 12.2. The highest BCUT2D eigenvalue weighted by molar-refractivity contribution is 6.33. The van der Waals surface area contributed by atoms with Gasteiger partial charge in [0.15, 0.2) is 5.82 Å². The molecule has 0 unspecified atom stereocenters. The molecule has 0 atom stereocenters. The fourth-order valence-electron chi connectivity index (χ4n) is 3.62. The van der Waals surface area contributed by atoms with E-state index in [1.54, 1.807) is 0 Å². The number of carbonyl (C=O) groups excluding carboxylic acids is 1. The van der Waals surface area contributed by atoms with Gasteiger partial charge in [0.2, 0.25) is 5.95 Å². The van der Waals surface area contributed by atoms with E-state index in [1.807, 2.05) is 42.5 Å². The molecular formula is C24H27ClN6O2. The third-order valence-corrected chi connectivity index (χ3v) is 5.77. The van der Waals surface area contributed by atoms with Gasteiger partial charge in [-0.15, -0.1) is 0 Å². The first-order valence-corrected chi connectivity index (χ1v) is 11.4. The first-order chi connectivity index (χ1) is 16.1. The van der Waals surface area contributed by atoms with E-state index in [0.717, 1.165) is 36.6 Å². The molecule has 9 heteroatoms. The van der Waals surface area contributed by atoms with Crippen molar-refractivity contribution >= 4 is 40.6 Å². The largest absolute Gasteiger partial charge is 0.492 e. The fraction of sp³-hybridized carbons (Fsp3) is 0.292. The SMILES string of the molecule is CCN(CC)CCOc1ccc(Nc2ncc(Cl)c(Nc3cccc4c3C(=O)NC4)n2)cc1. The molecule has 8 nitrogen and oxygen atoms in total. The van der Waals surface area contributed by atoms with Crippen LogP contribution in [0.15, 0.2) is 48.7 Å². The van der Waals surface area contributed by atoms with Crippen molar-refractivity contribution in [3.8, 4) is 5.75 Å². The van der Waals surface area contributed by atoms with Gasteiger partial charge in [0.05, 0.1) is 17.4 Å². The summed E-state index contributed by atoms with van der Waals surface area (Å²) < 4.78 is 5.83. The predicted octanol–water partition coefficient (Wildman–Crippen LogP) is 4.58. The number of fused-ring (bicyclic) bond motifs is 1. The van der Waals surface area contributed by atoms with Crippen LogP contribution >= 0.6 is 11.6 Å². The van der Waals surface area contributed by atoms with E-state index < -0.39 is 0 Å². The Labute approximate surface area is 198 Å². The van der Waals surface area contributed by atoms with Crippen LogP contribution in [0.1, 0.15) is 29.8 Å². The van der Waals surface area contributed by atoms with Gasteiger partial charge in [0, 0.05) is 18.8 Å². The molecule has 1 aliphatic heterocycles. The van der Waals surface area contributed by atoms with E-state index in [0.29, 0.717) is 41.2 Å². The number of hydrogen-bond acceptors (Lipinski definition) is 7. The highest BCUT2D eigenvalue weighted by Gasteiger charge is 2.22. The van der Waals surface area contributed by atoms with Crippen molar-refractivity contribution in [2.45, 2.75) is 20.4 Å². The summed E-state index contributed by atoms with van der Waals surface area (Å²) >= 11 is 6.31. The Morgan fingerprint density at radius 1 is 1.12 bits per heavy atom. The van der Waals surface area contributed by atoms with Crippen molar-refractivity contribution in [1.29, 1.82) is 0 Å². The van der Waals surface area contributed by atoms with Crippen LogP contribution in [0.2, 0.25) is 5.02 Å². The number of ether oxygens (including phenoxy) is 1. The highest BCUT2D eigenvalue weighted by Crippen LogP contribution is 2.30. The molecular weight excluding hydrogens is 440 g/mol. The number of amides is 1. The standard InChI is InChI=1S/C24H27ClN6O2/c1-3-31(4-2)12-13-33-18-10-8-17(9-11-18)28-24-27-15-19(25)22(30-24)29-20-7-5-6-16-14-26-23(32)21(16)20/h5-11,15H,3-4,12-14H2,1-2H3,(H,26,32)(H2,27,28,29,30). The first-order valence-electron chi connectivity index (χ1n) is 11.0. The first kappa shape index (κ1) is 22.8. The number of benzene rings is 2. The van der Waals surface area contributed by atoms with Gasteiger partial charge in [-0.1, -0.05) is 37.6 Å². The minimum atomic E-state index is -0.115. The fourth-order valence-corrected chi connectivity index (χ4v) is 3.76. The maximum atomic E-state index is 12.2. The van der Waals surface area contributed by atoms with E-state index in [-0.39, 0.29) is 5.91 Å². The Morgan fingerprint density at radius 2 is 1.91 bits per heavy atom. The average molecular weight is 467 g/mol. The molecule has 2 aromatic carbocycles. The summed E-state index contributed by atoms with van der Waals surface area (Å²) in [6.07, 6.45) is 1.52. The van der Waals surface area contributed by atoms with Crippen LogP contribution in [0.4, 0.5) is 23.1 Å². The number of anilines is 4. The summed E-state index contributed by atoms with van der Waals surface area (Å²) in [6, 6.07) is 13.3. The molecule has 0 saturated carbocycles. The van der Waals surface area contributed by atoms with Crippen LogP contribution in [-0.2, 0) is 6.54 Å². The molecule has 33 heavy (non-hydrogen) atoms. The Hall–Kier alpha value is -3.36. The second-order valence-corrected chi connectivity index (χ2v) is 7.97. The Balaban J connectivity index is 1.41. The van der Waals surface area contributed by atoms with E-state index in [2.05, 4.69) is 44.7 Å². The molecule has 172 valence electrons. The predicted molar refractivity (Wildman–Crippen MR) is 131 cm³/mol.